The number of likely N-dealkylation sites (tertiary alicyclic amines) is 1. The average Bonchev–Trinajstić information content (AvgIpc) is 2.48. The molecule has 1 saturated heterocycles. The first-order valence-electron chi connectivity index (χ1n) is 8.61. The number of hydrogen-bond donors (Lipinski definition) is 1. The number of nitrogens with one attached hydrogen (secondary N) is 1. The molecule has 1 N–H and O–H groups in total. The van der Waals surface area contributed by atoms with Crippen molar-refractivity contribution in [3.05, 3.63) is 34.4 Å². The third-order valence-corrected chi connectivity index (χ3v) is 4.90. The molecule has 1 heterocycles. The molecule has 1 atom stereocenters. The number of nitrogens with zero attached hydrogens (tertiary/aromatic N) is 1. The van der Waals surface area contributed by atoms with E-state index in [1.54, 1.807) is 0 Å². The minimum Gasteiger partial charge on any atom is -0.310 e. The SMILES string of the molecule is Cc1cc(C)c(C(C)NCCCN2CCCCC2)cc1C. The summed E-state index contributed by atoms with van der Waals surface area (Å²) in [7, 11) is 0. The fourth-order valence-corrected chi connectivity index (χ4v) is 3.36. The van der Waals surface area contributed by atoms with E-state index in [0.717, 1.165) is 6.54 Å². The Bertz CT molecular complexity index is 447. The molecule has 2 rings (SSSR count). The normalized spacial score (nSPS) is 17.9. The molecule has 0 saturated carbocycles. The summed E-state index contributed by atoms with van der Waals surface area (Å²) in [5.41, 5.74) is 5.66. The smallest absolute Gasteiger partial charge is 0.0294 e. The van der Waals surface area contributed by atoms with Gasteiger partial charge in [0.25, 0.3) is 0 Å². The third-order valence-electron chi connectivity index (χ3n) is 4.90. The summed E-state index contributed by atoms with van der Waals surface area (Å²) in [4.78, 5) is 2.62. The van der Waals surface area contributed by atoms with E-state index in [1.807, 2.05) is 0 Å². The van der Waals surface area contributed by atoms with Crippen LogP contribution in [0.4, 0.5) is 0 Å². The number of benzene rings is 1. The van der Waals surface area contributed by atoms with Crippen LogP contribution in [0.3, 0.4) is 0 Å². The second kappa shape index (κ2) is 7.95. The Kier molecular flexibility index (Phi) is 6.25. The molecule has 1 aliphatic rings. The molecule has 21 heavy (non-hydrogen) atoms. The van der Waals surface area contributed by atoms with Crippen LogP contribution in [0.1, 0.15) is 60.9 Å². The predicted octanol–water partition coefficient (Wildman–Crippen LogP) is 4.14. The molecule has 2 heteroatoms. The highest BCUT2D eigenvalue weighted by Crippen LogP contribution is 2.21. The standard InChI is InChI=1S/C19H32N2/c1-15-13-17(3)19(14-16(15)2)18(4)20-9-8-12-21-10-6-5-7-11-21/h13-14,18,20H,5-12H2,1-4H3. The topological polar surface area (TPSA) is 15.3 Å². The highest BCUT2D eigenvalue weighted by atomic mass is 15.1. The molecule has 1 aliphatic heterocycles. The van der Waals surface area contributed by atoms with E-state index in [1.165, 1.54) is 67.6 Å². The van der Waals surface area contributed by atoms with Gasteiger partial charge in [-0.2, -0.15) is 0 Å². The highest BCUT2D eigenvalue weighted by Gasteiger charge is 2.11. The van der Waals surface area contributed by atoms with Crippen LogP contribution >= 0.6 is 0 Å². The molecule has 0 bridgehead atoms. The van der Waals surface area contributed by atoms with E-state index < -0.39 is 0 Å². The Labute approximate surface area is 130 Å². The van der Waals surface area contributed by atoms with Crippen molar-refractivity contribution < 1.29 is 0 Å². The molecule has 0 radical (unpaired) electrons. The van der Waals surface area contributed by atoms with Crippen molar-refractivity contribution in [2.24, 2.45) is 0 Å². The van der Waals surface area contributed by atoms with Gasteiger partial charge in [0, 0.05) is 6.04 Å². The summed E-state index contributed by atoms with van der Waals surface area (Å²) in [5.74, 6) is 0. The Morgan fingerprint density at radius 3 is 2.38 bits per heavy atom. The fourth-order valence-electron chi connectivity index (χ4n) is 3.36. The van der Waals surface area contributed by atoms with Crippen molar-refractivity contribution in [3.8, 4) is 0 Å². The summed E-state index contributed by atoms with van der Waals surface area (Å²) >= 11 is 0. The number of hydrogen-bond acceptors (Lipinski definition) is 2. The number of aryl methyl sites for hydroxylation is 3. The summed E-state index contributed by atoms with van der Waals surface area (Å²) < 4.78 is 0. The molecular weight excluding hydrogens is 256 g/mol. The van der Waals surface area contributed by atoms with E-state index in [0.29, 0.717) is 6.04 Å². The predicted molar refractivity (Wildman–Crippen MR) is 92.0 cm³/mol. The van der Waals surface area contributed by atoms with Gasteiger partial charge >= 0.3 is 0 Å². The lowest BCUT2D eigenvalue weighted by Crippen LogP contribution is -2.32. The zero-order valence-corrected chi connectivity index (χ0v) is 14.3. The molecule has 2 nitrogen and oxygen atoms in total. The van der Waals surface area contributed by atoms with Gasteiger partial charge in [0.2, 0.25) is 0 Å². The molecule has 1 unspecified atom stereocenters. The van der Waals surface area contributed by atoms with E-state index in [9.17, 15) is 0 Å². The number of piperidine rings is 1. The zero-order valence-electron chi connectivity index (χ0n) is 14.3. The van der Waals surface area contributed by atoms with E-state index in [4.69, 9.17) is 0 Å². The van der Waals surface area contributed by atoms with Gasteiger partial charge in [0.05, 0.1) is 0 Å². The summed E-state index contributed by atoms with van der Waals surface area (Å²) in [6.45, 7) is 13.9. The van der Waals surface area contributed by atoms with Crippen LogP contribution in [0.2, 0.25) is 0 Å². The Balaban J connectivity index is 1.76. The second-order valence-electron chi connectivity index (χ2n) is 6.72. The maximum atomic E-state index is 3.70. The molecular formula is C19H32N2. The van der Waals surface area contributed by atoms with E-state index >= 15 is 0 Å². The number of rotatable bonds is 6. The van der Waals surface area contributed by atoms with Gasteiger partial charge in [-0.1, -0.05) is 18.6 Å². The lowest BCUT2D eigenvalue weighted by Gasteiger charge is -2.26. The van der Waals surface area contributed by atoms with Gasteiger partial charge < -0.3 is 10.2 Å². The first kappa shape index (κ1) is 16.5. The lowest BCUT2D eigenvalue weighted by atomic mass is 9.96. The first-order valence-corrected chi connectivity index (χ1v) is 8.61. The van der Waals surface area contributed by atoms with Crippen molar-refractivity contribution in [3.63, 3.8) is 0 Å². The first-order chi connectivity index (χ1) is 10.1. The van der Waals surface area contributed by atoms with Crippen LogP contribution in [0, 0.1) is 20.8 Å². The third kappa shape index (κ3) is 4.82. The highest BCUT2D eigenvalue weighted by molar-refractivity contribution is 5.37. The van der Waals surface area contributed by atoms with Gasteiger partial charge in [0.1, 0.15) is 0 Å². The van der Waals surface area contributed by atoms with Gasteiger partial charge in [-0.15, -0.1) is 0 Å². The molecule has 1 fully saturated rings. The van der Waals surface area contributed by atoms with Crippen LogP contribution in [0.5, 0.6) is 0 Å². The monoisotopic (exact) mass is 288 g/mol. The van der Waals surface area contributed by atoms with Crippen LogP contribution < -0.4 is 5.32 Å². The Morgan fingerprint density at radius 1 is 1.00 bits per heavy atom. The van der Waals surface area contributed by atoms with Crippen LogP contribution in [-0.4, -0.2) is 31.1 Å². The van der Waals surface area contributed by atoms with Crippen molar-refractivity contribution in [1.82, 2.24) is 10.2 Å². The van der Waals surface area contributed by atoms with E-state index in [-0.39, 0.29) is 0 Å². The minimum absolute atomic E-state index is 0.450. The quantitative estimate of drug-likeness (QED) is 0.792. The fraction of sp³-hybridized carbons (Fsp3) is 0.684. The van der Waals surface area contributed by atoms with Crippen molar-refractivity contribution >= 4 is 0 Å². The zero-order chi connectivity index (χ0) is 15.2. The largest absolute Gasteiger partial charge is 0.310 e. The van der Waals surface area contributed by atoms with Gasteiger partial charge in [-0.3, -0.25) is 0 Å². The van der Waals surface area contributed by atoms with E-state index in [2.05, 4.69) is 50.0 Å². The lowest BCUT2D eigenvalue weighted by molar-refractivity contribution is 0.225. The van der Waals surface area contributed by atoms with Crippen LogP contribution in [0.15, 0.2) is 12.1 Å². The molecule has 0 spiro atoms. The summed E-state index contributed by atoms with van der Waals surface area (Å²) in [6.07, 6.45) is 5.48. The van der Waals surface area contributed by atoms with Gasteiger partial charge in [-0.25, -0.2) is 0 Å². The minimum atomic E-state index is 0.450. The average molecular weight is 288 g/mol. The van der Waals surface area contributed by atoms with Crippen molar-refractivity contribution in [1.29, 1.82) is 0 Å². The van der Waals surface area contributed by atoms with Crippen LogP contribution in [0.25, 0.3) is 0 Å². The Hall–Kier alpha value is -0.860. The molecule has 0 aromatic heterocycles. The van der Waals surface area contributed by atoms with Gasteiger partial charge in [-0.05, 0) is 95.4 Å². The molecule has 1 aromatic rings. The molecule has 1 aromatic carbocycles. The summed E-state index contributed by atoms with van der Waals surface area (Å²) in [5, 5.41) is 3.70. The van der Waals surface area contributed by atoms with Crippen molar-refractivity contribution in [2.45, 2.75) is 59.4 Å². The molecule has 0 aliphatic carbocycles. The molecule has 0 amide bonds. The maximum absolute atomic E-state index is 3.70. The van der Waals surface area contributed by atoms with Gasteiger partial charge in [0.15, 0.2) is 0 Å². The van der Waals surface area contributed by atoms with Crippen molar-refractivity contribution in [2.75, 3.05) is 26.2 Å². The maximum Gasteiger partial charge on any atom is 0.0294 e. The second-order valence-corrected chi connectivity index (χ2v) is 6.72. The summed E-state index contributed by atoms with van der Waals surface area (Å²) in [6, 6.07) is 5.12. The Morgan fingerprint density at radius 2 is 1.67 bits per heavy atom. The van der Waals surface area contributed by atoms with Crippen LogP contribution in [-0.2, 0) is 0 Å². The molecule has 118 valence electrons.